The van der Waals surface area contributed by atoms with Crippen LogP contribution in [-0.4, -0.2) is 6.54 Å². The van der Waals surface area contributed by atoms with Crippen molar-refractivity contribution in [2.45, 2.75) is 71.6 Å². The van der Waals surface area contributed by atoms with Gasteiger partial charge in [0.2, 0.25) is 0 Å². The first kappa shape index (κ1) is 16.2. The van der Waals surface area contributed by atoms with Gasteiger partial charge in [0.25, 0.3) is 0 Å². The lowest BCUT2D eigenvalue weighted by Gasteiger charge is -2.30. The average molecular weight is 261 g/mol. The zero-order valence-corrected chi connectivity index (χ0v) is 13.6. The minimum absolute atomic E-state index is 0.208. The molecular formula is C18H31N. The minimum atomic E-state index is 0.208. The first-order chi connectivity index (χ1) is 8.68. The van der Waals surface area contributed by atoms with Crippen molar-refractivity contribution in [3.05, 3.63) is 34.9 Å². The van der Waals surface area contributed by atoms with E-state index in [9.17, 15) is 0 Å². The van der Waals surface area contributed by atoms with E-state index in [1.165, 1.54) is 17.5 Å². The largest absolute Gasteiger partial charge is 0.330 e. The number of nitrogens with two attached hydrogens (primary N) is 1. The second kappa shape index (κ2) is 6.09. The maximum absolute atomic E-state index is 5.64. The summed E-state index contributed by atoms with van der Waals surface area (Å²) in [5, 5.41) is 0. The molecule has 0 saturated heterocycles. The smallest absolute Gasteiger partial charge is 0.00772 e. The molecule has 0 radical (unpaired) electrons. The van der Waals surface area contributed by atoms with Crippen LogP contribution in [0.25, 0.3) is 0 Å². The molecule has 0 aliphatic carbocycles. The predicted molar refractivity (Wildman–Crippen MR) is 85.8 cm³/mol. The summed E-state index contributed by atoms with van der Waals surface area (Å²) in [6, 6.07) is 6.81. The van der Waals surface area contributed by atoms with Gasteiger partial charge in [-0.15, -0.1) is 0 Å². The molecule has 0 aromatic heterocycles. The van der Waals surface area contributed by atoms with Crippen LogP contribution < -0.4 is 5.73 Å². The first-order valence-electron chi connectivity index (χ1n) is 7.51. The Balaban J connectivity index is 3.25. The number of hydrogen-bond acceptors (Lipinski definition) is 1. The monoisotopic (exact) mass is 261 g/mol. The summed E-state index contributed by atoms with van der Waals surface area (Å²) in [6.45, 7) is 14.6. The highest BCUT2D eigenvalue weighted by molar-refractivity contribution is 5.42. The van der Waals surface area contributed by atoms with Crippen molar-refractivity contribution in [1.82, 2.24) is 0 Å². The molecule has 1 heteroatoms. The van der Waals surface area contributed by atoms with E-state index in [1.807, 2.05) is 0 Å². The van der Waals surface area contributed by atoms with Crippen molar-refractivity contribution in [3.63, 3.8) is 0 Å². The van der Waals surface area contributed by atoms with Gasteiger partial charge in [0.15, 0.2) is 0 Å². The fourth-order valence-corrected chi connectivity index (χ4v) is 2.71. The van der Waals surface area contributed by atoms with Gasteiger partial charge in [0.05, 0.1) is 0 Å². The Morgan fingerprint density at radius 3 is 1.68 bits per heavy atom. The van der Waals surface area contributed by atoms with Crippen LogP contribution in [-0.2, 0) is 17.3 Å². The van der Waals surface area contributed by atoms with Crippen molar-refractivity contribution >= 4 is 0 Å². The molecule has 1 aromatic carbocycles. The number of rotatable bonds is 4. The summed E-state index contributed by atoms with van der Waals surface area (Å²) in [4.78, 5) is 0. The molecule has 0 heterocycles. The second-order valence-electron chi connectivity index (χ2n) is 7.58. The Morgan fingerprint density at radius 2 is 1.32 bits per heavy atom. The third kappa shape index (κ3) is 4.35. The summed E-state index contributed by atoms with van der Waals surface area (Å²) < 4.78 is 0. The van der Waals surface area contributed by atoms with E-state index in [-0.39, 0.29) is 10.8 Å². The topological polar surface area (TPSA) is 26.0 Å². The molecule has 1 aromatic rings. The van der Waals surface area contributed by atoms with E-state index < -0.39 is 0 Å². The molecule has 1 rings (SSSR count). The van der Waals surface area contributed by atoms with Crippen molar-refractivity contribution in [1.29, 1.82) is 0 Å². The number of unbranched alkanes of at least 4 members (excludes halogenated alkanes) is 1. The normalized spacial score (nSPS) is 12.8. The third-order valence-electron chi connectivity index (χ3n) is 3.67. The summed E-state index contributed by atoms with van der Waals surface area (Å²) in [5.41, 5.74) is 10.6. The molecule has 0 saturated carbocycles. The van der Waals surface area contributed by atoms with Crippen LogP contribution in [0.15, 0.2) is 18.2 Å². The molecule has 108 valence electrons. The highest BCUT2D eigenvalue weighted by Gasteiger charge is 2.24. The van der Waals surface area contributed by atoms with E-state index in [0.717, 1.165) is 19.4 Å². The van der Waals surface area contributed by atoms with Crippen molar-refractivity contribution in [2.75, 3.05) is 6.54 Å². The average Bonchev–Trinajstić information content (AvgIpc) is 2.26. The van der Waals surface area contributed by atoms with Crippen LogP contribution in [0.5, 0.6) is 0 Å². The predicted octanol–water partition coefficient (Wildman–Crippen LogP) is 4.56. The first-order valence-corrected chi connectivity index (χ1v) is 7.51. The molecule has 19 heavy (non-hydrogen) atoms. The van der Waals surface area contributed by atoms with E-state index in [2.05, 4.69) is 59.7 Å². The third-order valence-corrected chi connectivity index (χ3v) is 3.67. The highest BCUT2D eigenvalue weighted by Crippen LogP contribution is 2.34. The summed E-state index contributed by atoms with van der Waals surface area (Å²) >= 11 is 0. The molecule has 2 N–H and O–H groups in total. The Labute approximate surface area is 119 Å². The van der Waals surface area contributed by atoms with Crippen molar-refractivity contribution in [3.8, 4) is 0 Å². The lowest BCUT2D eigenvalue weighted by atomic mass is 9.75. The van der Waals surface area contributed by atoms with Gasteiger partial charge < -0.3 is 5.73 Å². The van der Waals surface area contributed by atoms with Gasteiger partial charge in [0, 0.05) is 0 Å². The van der Waals surface area contributed by atoms with Crippen LogP contribution in [0.2, 0.25) is 0 Å². The lowest BCUT2D eigenvalue weighted by Crippen LogP contribution is -2.21. The Kier molecular flexibility index (Phi) is 5.20. The van der Waals surface area contributed by atoms with Crippen LogP contribution >= 0.6 is 0 Å². The maximum Gasteiger partial charge on any atom is -0.00772 e. The fraction of sp³-hybridized carbons (Fsp3) is 0.667. The SMILES string of the molecule is CC(C)(C)c1cccc(C(C)(C)C)c1CCCCN. The van der Waals surface area contributed by atoms with Crippen molar-refractivity contribution < 1.29 is 0 Å². The fourth-order valence-electron chi connectivity index (χ4n) is 2.71. The van der Waals surface area contributed by atoms with Gasteiger partial charge in [-0.3, -0.25) is 0 Å². The van der Waals surface area contributed by atoms with Gasteiger partial charge in [-0.2, -0.15) is 0 Å². The maximum atomic E-state index is 5.64. The highest BCUT2D eigenvalue weighted by atomic mass is 14.5. The van der Waals surface area contributed by atoms with E-state index in [1.54, 1.807) is 5.56 Å². The zero-order chi connectivity index (χ0) is 14.7. The van der Waals surface area contributed by atoms with Gasteiger partial charge >= 0.3 is 0 Å². The molecule has 0 atom stereocenters. The Bertz CT molecular complexity index is 372. The number of benzene rings is 1. The molecule has 0 aliphatic heterocycles. The van der Waals surface area contributed by atoms with E-state index >= 15 is 0 Å². The van der Waals surface area contributed by atoms with Crippen LogP contribution in [0.3, 0.4) is 0 Å². The molecule has 0 amide bonds. The van der Waals surface area contributed by atoms with Crippen LogP contribution in [0.4, 0.5) is 0 Å². The Hall–Kier alpha value is -0.820. The molecular weight excluding hydrogens is 230 g/mol. The lowest BCUT2D eigenvalue weighted by molar-refractivity contribution is 0.550. The molecule has 0 fully saturated rings. The number of hydrogen-bond donors (Lipinski definition) is 1. The molecule has 0 bridgehead atoms. The van der Waals surface area contributed by atoms with E-state index in [0.29, 0.717) is 0 Å². The van der Waals surface area contributed by atoms with Crippen LogP contribution in [0.1, 0.15) is 71.1 Å². The zero-order valence-electron chi connectivity index (χ0n) is 13.6. The minimum Gasteiger partial charge on any atom is -0.330 e. The Morgan fingerprint density at radius 1 is 0.842 bits per heavy atom. The van der Waals surface area contributed by atoms with Gasteiger partial charge in [-0.25, -0.2) is 0 Å². The molecule has 0 unspecified atom stereocenters. The quantitative estimate of drug-likeness (QED) is 0.790. The summed E-state index contributed by atoms with van der Waals surface area (Å²) in [5.74, 6) is 0. The van der Waals surface area contributed by atoms with Gasteiger partial charge in [0.1, 0.15) is 0 Å². The molecule has 0 spiro atoms. The van der Waals surface area contributed by atoms with Gasteiger partial charge in [-0.1, -0.05) is 59.7 Å². The van der Waals surface area contributed by atoms with Crippen LogP contribution in [0, 0.1) is 0 Å². The van der Waals surface area contributed by atoms with Crippen molar-refractivity contribution in [2.24, 2.45) is 5.73 Å². The second-order valence-corrected chi connectivity index (χ2v) is 7.58. The standard InChI is InChI=1S/C18H31N/c1-17(2,3)15-11-9-12-16(18(4,5)6)14(15)10-7-8-13-19/h9,11-12H,7-8,10,13,19H2,1-6H3. The summed E-state index contributed by atoms with van der Waals surface area (Å²) in [6.07, 6.45) is 3.45. The summed E-state index contributed by atoms with van der Waals surface area (Å²) in [7, 11) is 0. The molecule has 0 aliphatic rings. The van der Waals surface area contributed by atoms with Gasteiger partial charge in [-0.05, 0) is 53.3 Å². The molecule has 1 nitrogen and oxygen atoms in total. The van der Waals surface area contributed by atoms with E-state index in [4.69, 9.17) is 5.73 Å².